The number of guanidine groups is 2. The van der Waals surface area contributed by atoms with Gasteiger partial charge in [-0.2, -0.15) is 12.6 Å². The van der Waals surface area contributed by atoms with Crippen molar-refractivity contribution in [1.29, 1.82) is 0 Å². The Morgan fingerprint density at radius 1 is 0.489 bits per heavy atom. The monoisotopic (exact) mass is 1340 g/mol. The van der Waals surface area contributed by atoms with E-state index in [2.05, 4.69) is 75.8 Å². The Morgan fingerprint density at radius 2 is 0.904 bits per heavy atom. The second-order valence-corrected chi connectivity index (χ2v) is 24.3. The predicted molar refractivity (Wildman–Crippen MR) is 357 cm³/mol. The van der Waals surface area contributed by atoms with Gasteiger partial charge in [0.05, 0.1) is 19.2 Å². The summed E-state index contributed by atoms with van der Waals surface area (Å²) in [5, 5.41) is 55.8. The first-order chi connectivity index (χ1) is 44.3. The van der Waals surface area contributed by atoms with Gasteiger partial charge >= 0.3 is 5.97 Å². The Balaban J connectivity index is 2.43. The number of hydrogen-bond acceptors (Lipinski definition) is 17. The molecule has 32 heteroatoms. The van der Waals surface area contributed by atoms with Gasteiger partial charge in [0.25, 0.3) is 0 Å². The van der Waals surface area contributed by atoms with Crippen LogP contribution in [0.5, 0.6) is 5.75 Å². The molecule has 23 N–H and O–H groups in total. The van der Waals surface area contributed by atoms with Crippen LogP contribution in [0.2, 0.25) is 0 Å². The third kappa shape index (κ3) is 30.3. The molecule has 0 bridgehead atoms. The van der Waals surface area contributed by atoms with Crippen molar-refractivity contribution >= 4 is 89.6 Å². The van der Waals surface area contributed by atoms with E-state index in [4.69, 9.17) is 28.7 Å². The van der Waals surface area contributed by atoms with Gasteiger partial charge in [0, 0.05) is 31.7 Å². The number of nitrogens with two attached hydrogens (primary N) is 5. The van der Waals surface area contributed by atoms with Crippen molar-refractivity contribution in [2.75, 3.05) is 32.0 Å². The zero-order valence-corrected chi connectivity index (χ0v) is 55.8. The fraction of sp³-hybridized carbons (Fsp3) is 0.597. The summed E-state index contributed by atoms with van der Waals surface area (Å²) < 4.78 is 0. The van der Waals surface area contributed by atoms with Crippen LogP contribution in [0.1, 0.15) is 118 Å². The first-order valence-corrected chi connectivity index (χ1v) is 32.1. The van der Waals surface area contributed by atoms with Crippen molar-refractivity contribution in [3.63, 3.8) is 0 Å². The number of carboxylic acids is 1. The van der Waals surface area contributed by atoms with Gasteiger partial charge in [-0.25, -0.2) is 4.79 Å². The van der Waals surface area contributed by atoms with Crippen LogP contribution in [-0.4, -0.2) is 185 Å². The second kappa shape index (κ2) is 42.4. The van der Waals surface area contributed by atoms with Crippen molar-refractivity contribution in [1.82, 2.24) is 53.2 Å². The first-order valence-electron chi connectivity index (χ1n) is 31.5. The molecular formula is C62H101N17O14S. The van der Waals surface area contributed by atoms with E-state index in [1.54, 1.807) is 51.1 Å². The largest absolute Gasteiger partial charge is 0.508 e. The topological polar surface area (TPSA) is 524 Å². The molecule has 0 spiro atoms. The molecule has 0 aliphatic heterocycles. The van der Waals surface area contributed by atoms with Gasteiger partial charge in [0.2, 0.25) is 59.1 Å². The number of nitrogens with zero attached hydrogens (tertiary/aromatic N) is 2. The molecule has 0 fully saturated rings. The Labute approximate surface area is 554 Å². The fourth-order valence-electron chi connectivity index (χ4n) is 9.44. The highest BCUT2D eigenvalue weighted by Crippen LogP contribution is 2.16. The zero-order valence-electron chi connectivity index (χ0n) is 54.9. The fourth-order valence-corrected chi connectivity index (χ4v) is 9.70. The minimum atomic E-state index is -1.78. The number of nitrogens with one attached hydrogen (secondary N) is 10. The van der Waals surface area contributed by atoms with Crippen molar-refractivity contribution < 1.29 is 68.1 Å². The number of benzene rings is 2. The van der Waals surface area contributed by atoms with Crippen LogP contribution >= 0.6 is 12.6 Å². The predicted octanol–water partition coefficient (Wildman–Crippen LogP) is -2.72. The Hall–Kier alpha value is -8.78. The van der Waals surface area contributed by atoms with Crippen molar-refractivity contribution in [2.24, 2.45) is 62.3 Å². The minimum Gasteiger partial charge on any atom is -0.508 e. The quantitative estimate of drug-likeness (QED) is 0.0139. The lowest BCUT2D eigenvalue weighted by Crippen LogP contribution is -2.61. The summed E-state index contributed by atoms with van der Waals surface area (Å²) in [5.41, 5.74) is 29.4. The number of rotatable bonds is 43. The van der Waals surface area contributed by atoms with Crippen LogP contribution in [0.3, 0.4) is 0 Å². The Bertz CT molecular complexity index is 2860. The maximum Gasteiger partial charge on any atom is 0.326 e. The molecule has 31 nitrogen and oxygen atoms in total. The maximum atomic E-state index is 14.3. The SMILES string of the molecule is CC[C@H](C)[C@H](NC(=O)[C@H](Cc1ccccc1)NC(=O)[C@H](CO)NC(=O)[C@H](CCCN=C(N)N)NC(=O)[C@H](CS)NC(=O)[C@H](CCCN=C(N)N)NC(=O)[C@H](CC(C)C)NC(=O)[C@@H](NC(=O)[C@@H](N)CC(C)C)[C@@H](C)CC)C(=O)NCC(=O)N[C@@H](Cc1ccc(O)cc1)C(=O)O. The number of carbonyl (C=O) groups excluding carboxylic acids is 10. The molecule has 0 aromatic heterocycles. The number of amides is 10. The molecule has 524 valence electrons. The molecule has 12 atom stereocenters. The Morgan fingerprint density at radius 3 is 1.38 bits per heavy atom. The molecule has 2 aromatic rings. The first kappa shape index (κ1) is 81.3. The lowest BCUT2D eigenvalue weighted by Gasteiger charge is -2.29. The van der Waals surface area contributed by atoms with Gasteiger partial charge in [-0.3, -0.25) is 57.9 Å². The van der Waals surface area contributed by atoms with Crippen molar-refractivity contribution in [2.45, 2.75) is 180 Å². The summed E-state index contributed by atoms with van der Waals surface area (Å²) in [4.78, 5) is 159. The van der Waals surface area contributed by atoms with Crippen molar-refractivity contribution in [3.05, 3.63) is 65.7 Å². The average Bonchev–Trinajstić information content (AvgIpc) is 0.939. The van der Waals surface area contributed by atoms with Crippen LogP contribution in [-0.2, 0) is 65.6 Å². The number of hydrogen-bond donors (Lipinski definition) is 19. The molecular weight excluding hydrogens is 1240 g/mol. The number of thiol groups is 1. The number of carboxylic acid groups (broad SMARTS) is 1. The van der Waals surface area contributed by atoms with Gasteiger partial charge in [0.1, 0.15) is 60.1 Å². The van der Waals surface area contributed by atoms with Gasteiger partial charge in [-0.05, 0) is 85.5 Å². The zero-order chi connectivity index (χ0) is 70.8. The smallest absolute Gasteiger partial charge is 0.326 e. The number of phenols is 1. The summed E-state index contributed by atoms with van der Waals surface area (Å²) >= 11 is 4.32. The van der Waals surface area contributed by atoms with E-state index in [0.717, 1.165) is 0 Å². The molecule has 0 aliphatic carbocycles. The highest BCUT2D eigenvalue weighted by Gasteiger charge is 2.37. The third-order valence-electron chi connectivity index (χ3n) is 15.1. The van der Waals surface area contributed by atoms with Gasteiger partial charge < -0.3 is 97.2 Å². The van der Waals surface area contributed by atoms with Crippen LogP contribution in [0.4, 0.5) is 0 Å². The number of phenolic OH excluding ortho intramolecular Hbond substituents is 1. The maximum absolute atomic E-state index is 14.3. The molecule has 0 unspecified atom stereocenters. The number of aliphatic hydroxyl groups excluding tert-OH is 1. The minimum absolute atomic E-state index is 0.0243. The lowest BCUT2D eigenvalue weighted by atomic mass is 9.95. The van der Waals surface area contributed by atoms with E-state index < -0.39 is 145 Å². The number of carbonyl (C=O) groups is 11. The van der Waals surface area contributed by atoms with E-state index in [-0.39, 0.29) is 99.2 Å². The summed E-state index contributed by atoms with van der Waals surface area (Å²) in [6.45, 7) is 12.7. The summed E-state index contributed by atoms with van der Waals surface area (Å²) in [6, 6.07) is 0.492. The van der Waals surface area contributed by atoms with E-state index in [1.165, 1.54) is 24.3 Å². The second-order valence-electron chi connectivity index (χ2n) is 24.0. The Kier molecular flexibility index (Phi) is 36.7. The average molecular weight is 1340 g/mol. The molecule has 94 heavy (non-hydrogen) atoms. The number of aliphatic carboxylic acids is 1. The highest BCUT2D eigenvalue weighted by molar-refractivity contribution is 7.80. The molecule has 0 radical (unpaired) electrons. The lowest BCUT2D eigenvalue weighted by molar-refractivity contribution is -0.141. The van der Waals surface area contributed by atoms with Crippen molar-refractivity contribution in [3.8, 4) is 5.75 Å². The van der Waals surface area contributed by atoms with Gasteiger partial charge in [-0.1, -0.05) is 111 Å². The van der Waals surface area contributed by atoms with E-state index in [0.29, 0.717) is 30.4 Å². The van der Waals surface area contributed by atoms with E-state index in [9.17, 15) is 68.1 Å². The van der Waals surface area contributed by atoms with E-state index in [1.807, 2.05) is 34.6 Å². The molecule has 2 rings (SSSR count). The third-order valence-corrected chi connectivity index (χ3v) is 15.5. The highest BCUT2D eigenvalue weighted by atomic mass is 32.1. The summed E-state index contributed by atoms with van der Waals surface area (Å²) in [6.07, 6.45) is 0.844. The molecule has 0 heterocycles. The molecule has 0 aliphatic rings. The molecule has 10 amide bonds. The van der Waals surface area contributed by atoms with Crippen LogP contribution in [0, 0.1) is 23.7 Å². The van der Waals surface area contributed by atoms with E-state index >= 15 is 0 Å². The van der Waals surface area contributed by atoms with Crippen LogP contribution < -0.4 is 81.8 Å². The van der Waals surface area contributed by atoms with Crippen LogP contribution in [0.25, 0.3) is 0 Å². The molecule has 2 aromatic carbocycles. The number of aliphatic hydroxyl groups is 1. The summed E-state index contributed by atoms with van der Waals surface area (Å²) in [7, 11) is 0. The summed E-state index contributed by atoms with van der Waals surface area (Å²) in [5.74, 6) is -11.8. The number of aliphatic imine (C=N–C) groups is 2. The molecule has 0 saturated heterocycles. The van der Waals surface area contributed by atoms with Gasteiger partial charge in [0.15, 0.2) is 11.9 Å². The standard InChI is InChI=1S/C62H101N17O14S/c1-9-35(7)49(58(90)70-30-48(82)71-45(60(92)93)29-38-20-22-39(81)23-21-38)79-55(87)44(28-37-16-12-11-13-17-37)74-56(88)46(31-80)76-52(84)41(18-14-24-68-61(64)65)73-57(89)47(32-94)77-53(85)42(19-15-25-69-62(66)67)72-54(86)43(27-34(5)6)75-59(91)50(36(8)10-2)78-51(83)40(63)26-33(3)4/h11-13,16-17,20-23,33-36,40-47,49-50,80-81,94H,9-10,14-15,18-19,24-32,63H2,1-8H3,(H,70,90)(H,71,82)(H,72,86)(H,73,89)(H,74,88)(H,75,91)(H,76,84)(H,77,85)(H,78,83)(H,79,87)(H,92,93)(H4,64,65,68)(H4,66,67,69)/t35-,36-,40-,41-,42-,43-,44-,45-,46-,47-,49-,50-/m0/s1. The number of aromatic hydroxyl groups is 1. The van der Waals surface area contributed by atoms with Crippen LogP contribution in [0.15, 0.2) is 64.6 Å². The molecule has 0 saturated carbocycles. The van der Waals surface area contributed by atoms with Gasteiger partial charge in [-0.15, -0.1) is 0 Å². The normalized spacial score (nSPS) is 14.9.